The molecule has 8 nitrogen and oxygen atoms in total. The minimum Gasteiger partial charge on any atom is -0.444 e. The van der Waals surface area contributed by atoms with Crippen LogP contribution in [0.3, 0.4) is 0 Å². The van der Waals surface area contributed by atoms with E-state index in [0.717, 1.165) is 11.3 Å². The third kappa shape index (κ3) is 2.97. The number of oxazole rings is 1. The summed E-state index contributed by atoms with van der Waals surface area (Å²) >= 11 is 0. The lowest BCUT2D eigenvalue weighted by molar-refractivity contribution is 0.0940. The predicted molar refractivity (Wildman–Crippen MR) is 88.6 cm³/mol. The number of aromatic nitrogens is 5. The van der Waals surface area contributed by atoms with Gasteiger partial charge < -0.3 is 9.73 Å². The van der Waals surface area contributed by atoms with Crippen LogP contribution in [0.1, 0.15) is 22.0 Å². The first kappa shape index (κ1) is 15.0. The number of rotatable bonds is 4. The molecular formula is C17H14N6O2. The van der Waals surface area contributed by atoms with E-state index < -0.39 is 5.91 Å². The average Bonchev–Trinajstić information content (AvgIpc) is 3.28. The van der Waals surface area contributed by atoms with Gasteiger partial charge in [-0.05, 0) is 25.1 Å². The van der Waals surface area contributed by atoms with Crippen LogP contribution in [0.25, 0.3) is 17.2 Å². The Kier molecular flexibility index (Phi) is 3.70. The Balaban J connectivity index is 1.46. The molecular weight excluding hydrogens is 320 g/mol. The summed E-state index contributed by atoms with van der Waals surface area (Å²) in [5, 5.41) is 6.90. The molecule has 1 aromatic carbocycles. The van der Waals surface area contributed by atoms with Gasteiger partial charge in [-0.25, -0.2) is 14.5 Å². The van der Waals surface area contributed by atoms with Crippen LogP contribution >= 0.6 is 0 Å². The molecule has 0 aliphatic carbocycles. The summed E-state index contributed by atoms with van der Waals surface area (Å²) in [4.78, 5) is 24.8. The highest BCUT2D eigenvalue weighted by molar-refractivity contribution is 5.90. The van der Waals surface area contributed by atoms with Gasteiger partial charge in [0.2, 0.25) is 11.7 Å². The van der Waals surface area contributed by atoms with Crippen molar-refractivity contribution in [1.29, 1.82) is 0 Å². The van der Waals surface area contributed by atoms with Crippen molar-refractivity contribution in [2.45, 2.75) is 13.5 Å². The van der Waals surface area contributed by atoms with E-state index in [1.54, 1.807) is 12.3 Å². The number of carbonyl (C=O) groups excluding carboxylic acids is 1. The Morgan fingerprint density at radius 2 is 2.04 bits per heavy atom. The van der Waals surface area contributed by atoms with Gasteiger partial charge in [-0.1, -0.05) is 18.2 Å². The molecule has 0 fully saturated rings. The lowest BCUT2D eigenvalue weighted by atomic mass is 10.2. The standard InChI is InChI=1S/C17H14N6O2/c1-11-7-8-18-17-21-14(22-23(11)17)15(24)19-9-13-10-25-16(20-13)12-5-3-2-4-6-12/h2-8,10H,9H2,1H3,(H,19,24). The van der Waals surface area contributed by atoms with E-state index in [1.165, 1.54) is 10.8 Å². The number of nitrogens with zero attached hydrogens (tertiary/aromatic N) is 5. The summed E-state index contributed by atoms with van der Waals surface area (Å²) < 4.78 is 6.97. The fraction of sp³-hybridized carbons (Fsp3) is 0.118. The summed E-state index contributed by atoms with van der Waals surface area (Å²) in [6.45, 7) is 2.09. The monoisotopic (exact) mass is 334 g/mol. The minimum absolute atomic E-state index is 0.0635. The van der Waals surface area contributed by atoms with Gasteiger partial charge in [-0.3, -0.25) is 4.79 Å². The Morgan fingerprint density at radius 3 is 2.84 bits per heavy atom. The van der Waals surface area contributed by atoms with Crippen molar-refractivity contribution in [3.63, 3.8) is 0 Å². The van der Waals surface area contributed by atoms with Crippen molar-refractivity contribution < 1.29 is 9.21 Å². The molecule has 1 N–H and O–H groups in total. The number of carbonyl (C=O) groups is 1. The van der Waals surface area contributed by atoms with Gasteiger partial charge in [-0.2, -0.15) is 4.98 Å². The number of aryl methyl sites for hydroxylation is 1. The van der Waals surface area contributed by atoms with E-state index in [2.05, 4.69) is 25.4 Å². The zero-order valence-corrected chi connectivity index (χ0v) is 13.4. The van der Waals surface area contributed by atoms with Gasteiger partial charge in [0.1, 0.15) is 6.26 Å². The largest absolute Gasteiger partial charge is 0.444 e. The van der Waals surface area contributed by atoms with Crippen LogP contribution in [0, 0.1) is 6.92 Å². The second kappa shape index (κ2) is 6.16. The van der Waals surface area contributed by atoms with Gasteiger partial charge >= 0.3 is 0 Å². The molecule has 25 heavy (non-hydrogen) atoms. The van der Waals surface area contributed by atoms with Crippen molar-refractivity contribution >= 4 is 11.7 Å². The number of fused-ring (bicyclic) bond motifs is 1. The Hall–Kier alpha value is -3.55. The normalized spacial score (nSPS) is 10.9. The molecule has 0 atom stereocenters. The van der Waals surface area contributed by atoms with Crippen molar-refractivity contribution in [3.05, 3.63) is 66.1 Å². The zero-order chi connectivity index (χ0) is 17.2. The number of amides is 1. The summed E-state index contributed by atoms with van der Waals surface area (Å²) in [5.41, 5.74) is 2.34. The number of hydrogen-bond donors (Lipinski definition) is 1. The van der Waals surface area contributed by atoms with E-state index in [9.17, 15) is 4.79 Å². The second-order valence-corrected chi connectivity index (χ2v) is 5.43. The molecule has 124 valence electrons. The molecule has 0 spiro atoms. The minimum atomic E-state index is -0.394. The lowest BCUT2D eigenvalue weighted by Gasteiger charge is -1.98. The van der Waals surface area contributed by atoms with Crippen LogP contribution in [0.2, 0.25) is 0 Å². The Labute approximate surface area is 142 Å². The molecule has 3 aromatic heterocycles. The predicted octanol–water partition coefficient (Wildman–Crippen LogP) is 2.02. The van der Waals surface area contributed by atoms with E-state index in [-0.39, 0.29) is 12.4 Å². The molecule has 0 radical (unpaired) electrons. The third-order valence-corrected chi connectivity index (χ3v) is 3.64. The average molecular weight is 334 g/mol. The van der Waals surface area contributed by atoms with Gasteiger partial charge in [0.05, 0.1) is 12.2 Å². The molecule has 8 heteroatoms. The quantitative estimate of drug-likeness (QED) is 0.613. The molecule has 0 saturated heterocycles. The highest BCUT2D eigenvalue weighted by atomic mass is 16.3. The lowest BCUT2D eigenvalue weighted by Crippen LogP contribution is -2.24. The third-order valence-electron chi connectivity index (χ3n) is 3.64. The van der Waals surface area contributed by atoms with Gasteiger partial charge in [0.25, 0.3) is 11.7 Å². The molecule has 1 amide bonds. The first-order valence-corrected chi connectivity index (χ1v) is 7.67. The molecule has 4 rings (SSSR count). The van der Waals surface area contributed by atoms with Crippen molar-refractivity contribution in [3.8, 4) is 11.5 Å². The first-order chi connectivity index (χ1) is 12.2. The van der Waals surface area contributed by atoms with Crippen molar-refractivity contribution in [2.75, 3.05) is 0 Å². The summed E-state index contributed by atoms with van der Waals surface area (Å²) in [6.07, 6.45) is 3.15. The van der Waals surface area contributed by atoms with Crippen LogP contribution in [0.5, 0.6) is 0 Å². The Morgan fingerprint density at radius 1 is 1.20 bits per heavy atom. The maximum absolute atomic E-state index is 12.2. The van der Waals surface area contributed by atoms with Crippen LogP contribution in [0.15, 0.2) is 53.3 Å². The molecule has 4 aromatic rings. The van der Waals surface area contributed by atoms with Crippen LogP contribution in [0.4, 0.5) is 0 Å². The van der Waals surface area contributed by atoms with Crippen LogP contribution < -0.4 is 5.32 Å². The maximum atomic E-state index is 12.2. The first-order valence-electron chi connectivity index (χ1n) is 7.67. The number of benzene rings is 1. The van der Waals surface area contributed by atoms with E-state index in [0.29, 0.717) is 17.4 Å². The van der Waals surface area contributed by atoms with Crippen LogP contribution in [-0.4, -0.2) is 30.5 Å². The number of nitrogens with one attached hydrogen (secondary N) is 1. The van der Waals surface area contributed by atoms with E-state index in [4.69, 9.17) is 4.42 Å². The molecule has 0 aliphatic heterocycles. The Bertz CT molecular complexity index is 1040. The summed E-state index contributed by atoms with van der Waals surface area (Å²) in [5.74, 6) is 0.566. The molecule has 0 saturated carbocycles. The molecule has 0 unspecified atom stereocenters. The summed E-state index contributed by atoms with van der Waals surface area (Å²) in [6, 6.07) is 11.3. The highest BCUT2D eigenvalue weighted by Crippen LogP contribution is 2.17. The van der Waals surface area contributed by atoms with Gasteiger partial charge in [0.15, 0.2) is 0 Å². The summed E-state index contributed by atoms with van der Waals surface area (Å²) in [7, 11) is 0. The number of hydrogen-bond acceptors (Lipinski definition) is 6. The second-order valence-electron chi connectivity index (χ2n) is 5.43. The van der Waals surface area contributed by atoms with Crippen molar-refractivity contribution in [2.24, 2.45) is 0 Å². The fourth-order valence-corrected chi connectivity index (χ4v) is 2.35. The fourth-order valence-electron chi connectivity index (χ4n) is 2.35. The molecule has 0 bridgehead atoms. The maximum Gasteiger partial charge on any atom is 0.291 e. The molecule has 3 heterocycles. The van der Waals surface area contributed by atoms with E-state index in [1.807, 2.05) is 37.3 Å². The van der Waals surface area contributed by atoms with Crippen LogP contribution in [-0.2, 0) is 6.54 Å². The smallest absolute Gasteiger partial charge is 0.291 e. The highest BCUT2D eigenvalue weighted by Gasteiger charge is 2.15. The topological polar surface area (TPSA) is 98.2 Å². The molecule has 0 aliphatic rings. The zero-order valence-electron chi connectivity index (χ0n) is 13.4. The SMILES string of the molecule is Cc1ccnc2nc(C(=O)NCc3coc(-c4ccccc4)n3)nn12. The van der Waals surface area contributed by atoms with Gasteiger partial charge in [0, 0.05) is 17.5 Å². The van der Waals surface area contributed by atoms with E-state index >= 15 is 0 Å². The van der Waals surface area contributed by atoms with Gasteiger partial charge in [-0.15, -0.1) is 5.10 Å². The van der Waals surface area contributed by atoms with Crippen molar-refractivity contribution in [1.82, 2.24) is 29.9 Å².